The zero-order valence-corrected chi connectivity index (χ0v) is 16.4. The maximum atomic E-state index is 11.1. The second-order valence-electron chi connectivity index (χ2n) is 6.55. The van der Waals surface area contributed by atoms with Crippen molar-refractivity contribution in [3.63, 3.8) is 0 Å². The van der Waals surface area contributed by atoms with E-state index in [4.69, 9.17) is 5.73 Å². The summed E-state index contributed by atoms with van der Waals surface area (Å²) in [6, 6.07) is 35.8. The van der Waals surface area contributed by atoms with Crippen LogP contribution in [0.15, 0.2) is 109 Å². The molecule has 0 saturated carbocycles. The quantitative estimate of drug-likeness (QED) is 0.413. The van der Waals surface area contributed by atoms with Crippen LogP contribution in [0.5, 0.6) is 0 Å². The molecule has 0 atom stereocenters. The topological polar surface area (TPSA) is 55.1 Å². The molecule has 1 amide bonds. The van der Waals surface area contributed by atoms with Crippen molar-refractivity contribution in [2.24, 2.45) is 0 Å². The molecule has 0 radical (unpaired) electrons. The van der Waals surface area contributed by atoms with Gasteiger partial charge in [0.1, 0.15) is 0 Å². The Morgan fingerprint density at radius 1 is 0.621 bits per heavy atom. The van der Waals surface area contributed by atoms with Crippen LogP contribution in [0.4, 0.5) is 11.4 Å². The Morgan fingerprint density at radius 3 is 1.62 bits per heavy atom. The van der Waals surface area contributed by atoms with E-state index in [1.54, 1.807) is 0 Å². The van der Waals surface area contributed by atoms with Gasteiger partial charge in [0.15, 0.2) is 0 Å². The Hall–Kier alpha value is -3.85. The van der Waals surface area contributed by atoms with Gasteiger partial charge in [-0.25, -0.2) is 0 Å². The van der Waals surface area contributed by atoms with Crippen LogP contribution in [0.3, 0.4) is 0 Å². The van der Waals surface area contributed by atoms with E-state index in [0.717, 1.165) is 28.1 Å². The van der Waals surface area contributed by atoms with E-state index < -0.39 is 0 Å². The molecule has 0 fully saturated rings. The van der Waals surface area contributed by atoms with Crippen molar-refractivity contribution < 1.29 is 4.79 Å². The Kier molecular flexibility index (Phi) is 6.80. The average molecular weight is 380 g/mol. The van der Waals surface area contributed by atoms with Gasteiger partial charge in [-0.05, 0) is 23.3 Å². The molecule has 0 aliphatic rings. The third kappa shape index (κ3) is 5.56. The summed E-state index contributed by atoms with van der Waals surface area (Å²) in [5, 5.41) is 2.83. The fourth-order valence-electron chi connectivity index (χ4n) is 3.03. The van der Waals surface area contributed by atoms with Gasteiger partial charge in [0.05, 0.1) is 0 Å². The highest BCUT2D eigenvalue weighted by Crippen LogP contribution is 2.27. The minimum absolute atomic E-state index is 0.0524. The molecule has 3 heteroatoms. The zero-order chi connectivity index (χ0) is 20.5. The number of para-hydroxylation sites is 2. The normalized spacial score (nSPS) is 9.83. The molecule has 0 aliphatic heterocycles. The summed E-state index contributed by atoms with van der Waals surface area (Å²) in [6.07, 6.45) is 0. The number of amides is 1. The highest BCUT2D eigenvalue weighted by molar-refractivity contribution is 5.94. The maximum Gasteiger partial charge on any atom is 0.221 e. The smallest absolute Gasteiger partial charge is 0.221 e. The molecule has 0 bridgehead atoms. The molecule has 4 aromatic rings. The Balaban J connectivity index is 0.000000169. The largest absolute Gasteiger partial charge is 0.398 e. The lowest BCUT2D eigenvalue weighted by Crippen LogP contribution is -2.06. The van der Waals surface area contributed by atoms with E-state index >= 15 is 0 Å². The van der Waals surface area contributed by atoms with Gasteiger partial charge in [-0.3, -0.25) is 4.79 Å². The molecule has 0 saturated heterocycles. The molecule has 0 aromatic heterocycles. The second-order valence-corrected chi connectivity index (χ2v) is 6.55. The molecule has 144 valence electrons. The summed E-state index contributed by atoms with van der Waals surface area (Å²) in [5.74, 6) is -0.0524. The number of rotatable bonds is 3. The minimum Gasteiger partial charge on any atom is -0.398 e. The van der Waals surface area contributed by atoms with Crippen molar-refractivity contribution in [3.8, 4) is 22.3 Å². The first-order valence-corrected chi connectivity index (χ1v) is 9.47. The average Bonchev–Trinajstić information content (AvgIpc) is 2.76. The van der Waals surface area contributed by atoms with Crippen LogP contribution in [-0.4, -0.2) is 5.91 Å². The number of hydrogen-bond acceptors (Lipinski definition) is 2. The van der Waals surface area contributed by atoms with Crippen LogP contribution < -0.4 is 11.1 Å². The first-order chi connectivity index (χ1) is 14.1. The van der Waals surface area contributed by atoms with E-state index in [2.05, 4.69) is 17.4 Å². The van der Waals surface area contributed by atoms with Crippen molar-refractivity contribution in [3.05, 3.63) is 109 Å². The van der Waals surface area contributed by atoms with E-state index in [-0.39, 0.29) is 5.91 Å². The monoisotopic (exact) mass is 380 g/mol. The summed E-state index contributed by atoms with van der Waals surface area (Å²) < 4.78 is 0. The van der Waals surface area contributed by atoms with E-state index in [9.17, 15) is 4.79 Å². The summed E-state index contributed by atoms with van der Waals surface area (Å²) in [7, 11) is 0. The van der Waals surface area contributed by atoms with Crippen molar-refractivity contribution in [1.82, 2.24) is 0 Å². The molecular formula is C26H24N2O. The van der Waals surface area contributed by atoms with E-state index in [1.165, 1.54) is 12.5 Å². The molecular weight excluding hydrogens is 356 g/mol. The predicted octanol–water partition coefficient (Wildman–Crippen LogP) is 6.25. The van der Waals surface area contributed by atoms with E-state index in [1.807, 2.05) is 97.1 Å². The summed E-state index contributed by atoms with van der Waals surface area (Å²) in [6.45, 7) is 1.52. The molecule has 4 rings (SSSR count). The predicted molar refractivity (Wildman–Crippen MR) is 122 cm³/mol. The summed E-state index contributed by atoms with van der Waals surface area (Å²) >= 11 is 0. The van der Waals surface area contributed by atoms with Crippen molar-refractivity contribution >= 4 is 17.3 Å². The van der Waals surface area contributed by atoms with E-state index in [0.29, 0.717) is 0 Å². The van der Waals surface area contributed by atoms with Gasteiger partial charge < -0.3 is 11.1 Å². The van der Waals surface area contributed by atoms with Crippen LogP contribution in [0.1, 0.15) is 6.92 Å². The van der Waals surface area contributed by atoms with Crippen LogP contribution in [-0.2, 0) is 4.79 Å². The van der Waals surface area contributed by atoms with Gasteiger partial charge in [0.25, 0.3) is 0 Å². The number of anilines is 2. The Morgan fingerprint density at radius 2 is 1.07 bits per heavy atom. The first kappa shape index (κ1) is 19.9. The lowest BCUT2D eigenvalue weighted by atomic mass is 10.0. The number of hydrogen-bond donors (Lipinski definition) is 2. The maximum absolute atomic E-state index is 11.1. The van der Waals surface area contributed by atoms with Crippen molar-refractivity contribution in [1.29, 1.82) is 0 Å². The highest BCUT2D eigenvalue weighted by Gasteiger charge is 2.04. The number of nitrogen functional groups attached to an aromatic ring is 1. The molecule has 0 unspecified atom stereocenters. The molecule has 29 heavy (non-hydrogen) atoms. The van der Waals surface area contributed by atoms with Crippen molar-refractivity contribution in [2.45, 2.75) is 6.92 Å². The fourth-order valence-corrected chi connectivity index (χ4v) is 3.03. The molecule has 0 aliphatic carbocycles. The number of nitrogens with one attached hydrogen (secondary N) is 1. The van der Waals surface area contributed by atoms with Gasteiger partial charge in [0, 0.05) is 29.4 Å². The SMILES string of the molecule is CC(=O)Nc1ccccc1-c1ccccc1.Nc1ccccc1-c1ccccc1. The van der Waals surface area contributed by atoms with Crippen LogP contribution >= 0.6 is 0 Å². The summed E-state index contributed by atoms with van der Waals surface area (Å²) in [4.78, 5) is 11.1. The fraction of sp³-hybridized carbons (Fsp3) is 0.0385. The molecule has 3 nitrogen and oxygen atoms in total. The van der Waals surface area contributed by atoms with Gasteiger partial charge >= 0.3 is 0 Å². The molecule has 3 N–H and O–H groups in total. The third-order valence-electron chi connectivity index (χ3n) is 4.37. The van der Waals surface area contributed by atoms with Gasteiger partial charge in [-0.2, -0.15) is 0 Å². The number of benzene rings is 4. The standard InChI is InChI=1S/C14H13NO.C12H11N/c1-11(16)15-14-10-6-5-9-13(14)12-7-3-2-4-8-12;13-12-9-5-4-8-11(12)10-6-2-1-3-7-10/h2-10H,1H3,(H,15,16);1-9H,13H2. The van der Waals surface area contributed by atoms with Gasteiger partial charge in [-0.15, -0.1) is 0 Å². The van der Waals surface area contributed by atoms with Crippen LogP contribution in [0.2, 0.25) is 0 Å². The second kappa shape index (κ2) is 9.90. The Labute approximate surface area is 171 Å². The molecule has 4 aromatic carbocycles. The minimum atomic E-state index is -0.0524. The lowest BCUT2D eigenvalue weighted by molar-refractivity contribution is -0.114. The summed E-state index contributed by atoms with van der Waals surface area (Å²) in [5.41, 5.74) is 11.9. The number of carbonyl (C=O) groups is 1. The number of carbonyl (C=O) groups excluding carboxylic acids is 1. The highest BCUT2D eigenvalue weighted by atomic mass is 16.1. The van der Waals surface area contributed by atoms with Gasteiger partial charge in [0.2, 0.25) is 5.91 Å². The molecule has 0 spiro atoms. The lowest BCUT2D eigenvalue weighted by Gasteiger charge is -2.09. The van der Waals surface area contributed by atoms with Crippen LogP contribution in [0.25, 0.3) is 22.3 Å². The Bertz CT molecular complexity index is 1060. The van der Waals surface area contributed by atoms with Crippen LogP contribution in [0, 0.1) is 0 Å². The van der Waals surface area contributed by atoms with Gasteiger partial charge in [-0.1, -0.05) is 97.1 Å². The van der Waals surface area contributed by atoms with Crippen molar-refractivity contribution in [2.75, 3.05) is 11.1 Å². The first-order valence-electron chi connectivity index (χ1n) is 9.47. The third-order valence-corrected chi connectivity index (χ3v) is 4.37. The molecule has 0 heterocycles. The number of nitrogens with two attached hydrogens (primary N) is 1. The zero-order valence-electron chi connectivity index (χ0n) is 16.4.